The minimum atomic E-state index is -0.571. The van der Waals surface area contributed by atoms with Crippen molar-refractivity contribution in [1.29, 1.82) is 0 Å². The molecule has 0 bridgehead atoms. The van der Waals surface area contributed by atoms with Gasteiger partial charge in [0.05, 0.1) is 11.9 Å². The van der Waals surface area contributed by atoms with Crippen molar-refractivity contribution in [2.45, 2.75) is 0 Å². The molecule has 0 radical (unpaired) electrons. The average molecular weight is 204 g/mol. The number of aromatic nitrogens is 1. The molecule has 2 aromatic rings. The molecule has 0 fully saturated rings. The van der Waals surface area contributed by atoms with E-state index >= 15 is 0 Å². The Balaban J connectivity index is 2.25. The Hall–Kier alpha value is -2.10. The summed E-state index contributed by atoms with van der Waals surface area (Å²) in [5, 5.41) is 0. The standard InChI is InChI=1S/C11H9FN2O/c12-10-6-8(13)7-14-11(10)15-9-4-2-1-3-5-9/h1-7H,13H2. The number of benzene rings is 1. The van der Waals surface area contributed by atoms with E-state index in [2.05, 4.69) is 4.98 Å². The number of halogens is 1. The fourth-order valence-corrected chi connectivity index (χ4v) is 1.12. The summed E-state index contributed by atoms with van der Waals surface area (Å²) in [5.74, 6) is -0.108. The average Bonchev–Trinajstić information content (AvgIpc) is 2.24. The third-order valence-corrected chi connectivity index (χ3v) is 1.79. The molecule has 2 N–H and O–H groups in total. The van der Waals surface area contributed by atoms with Crippen LogP contribution in [0.15, 0.2) is 42.6 Å². The number of ether oxygens (including phenoxy) is 1. The van der Waals surface area contributed by atoms with Gasteiger partial charge in [-0.1, -0.05) is 18.2 Å². The van der Waals surface area contributed by atoms with Crippen LogP contribution in [0.1, 0.15) is 0 Å². The first kappa shape index (κ1) is 9.45. The largest absolute Gasteiger partial charge is 0.436 e. The Labute approximate surface area is 86.3 Å². The maximum absolute atomic E-state index is 13.3. The van der Waals surface area contributed by atoms with E-state index in [9.17, 15) is 4.39 Å². The van der Waals surface area contributed by atoms with Gasteiger partial charge in [-0.25, -0.2) is 9.37 Å². The second-order valence-corrected chi connectivity index (χ2v) is 2.97. The van der Waals surface area contributed by atoms with Crippen molar-refractivity contribution in [2.75, 3.05) is 5.73 Å². The Morgan fingerprint density at radius 3 is 2.60 bits per heavy atom. The van der Waals surface area contributed by atoms with E-state index < -0.39 is 5.82 Å². The van der Waals surface area contributed by atoms with Crippen LogP contribution in [0, 0.1) is 5.82 Å². The van der Waals surface area contributed by atoms with Gasteiger partial charge in [0, 0.05) is 6.07 Å². The van der Waals surface area contributed by atoms with Gasteiger partial charge < -0.3 is 10.5 Å². The highest BCUT2D eigenvalue weighted by molar-refractivity contribution is 5.38. The Morgan fingerprint density at radius 2 is 1.93 bits per heavy atom. The van der Waals surface area contributed by atoms with Gasteiger partial charge in [-0.3, -0.25) is 0 Å². The van der Waals surface area contributed by atoms with Gasteiger partial charge in [-0.05, 0) is 12.1 Å². The molecule has 76 valence electrons. The molecule has 0 aliphatic heterocycles. The lowest BCUT2D eigenvalue weighted by Gasteiger charge is -2.05. The molecule has 0 saturated heterocycles. The molecular weight excluding hydrogens is 195 g/mol. The molecule has 0 spiro atoms. The van der Waals surface area contributed by atoms with Crippen LogP contribution >= 0.6 is 0 Å². The lowest BCUT2D eigenvalue weighted by Crippen LogP contribution is -1.94. The fourth-order valence-electron chi connectivity index (χ4n) is 1.12. The third-order valence-electron chi connectivity index (χ3n) is 1.79. The highest BCUT2D eigenvalue weighted by Crippen LogP contribution is 2.22. The summed E-state index contributed by atoms with van der Waals surface area (Å²) in [6.45, 7) is 0. The van der Waals surface area contributed by atoms with Crippen LogP contribution in [0.4, 0.5) is 10.1 Å². The van der Waals surface area contributed by atoms with Crippen molar-refractivity contribution < 1.29 is 9.13 Å². The highest BCUT2D eigenvalue weighted by Gasteiger charge is 2.05. The fraction of sp³-hybridized carbons (Fsp3) is 0. The zero-order valence-corrected chi connectivity index (χ0v) is 7.85. The molecule has 4 heteroatoms. The Kier molecular flexibility index (Phi) is 2.49. The maximum Gasteiger partial charge on any atom is 0.256 e. The van der Waals surface area contributed by atoms with Crippen LogP contribution in [0.25, 0.3) is 0 Å². The van der Waals surface area contributed by atoms with Gasteiger partial charge in [0.15, 0.2) is 5.82 Å². The van der Waals surface area contributed by atoms with Crippen molar-refractivity contribution in [2.24, 2.45) is 0 Å². The zero-order chi connectivity index (χ0) is 10.7. The molecule has 0 aliphatic rings. The smallest absolute Gasteiger partial charge is 0.256 e. The number of hydrogen-bond acceptors (Lipinski definition) is 3. The first-order chi connectivity index (χ1) is 7.25. The van der Waals surface area contributed by atoms with E-state index in [0.717, 1.165) is 0 Å². The van der Waals surface area contributed by atoms with Crippen molar-refractivity contribution in [1.82, 2.24) is 4.98 Å². The second kappa shape index (κ2) is 3.96. The van der Waals surface area contributed by atoms with E-state index in [1.54, 1.807) is 24.3 Å². The lowest BCUT2D eigenvalue weighted by atomic mass is 10.3. The van der Waals surface area contributed by atoms with E-state index in [1.165, 1.54) is 12.3 Å². The first-order valence-corrected chi connectivity index (χ1v) is 4.39. The zero-order valence-electron chi connectivity index (χ0n) is 7.85. The number of nitrogen functional groups attached to an aromatic ring is 1. The Morgan fingerprint density at radius 1 is 1.20 bits per heavy atom. The van der Waals surface area contributed by atoms with E-state index in [4.69, 9.17) is 10.5 Å². The number of pyridine rings is 1. The van der Waals surface area contributed by atoms with Crippen LogP contribution in [0.2, 0.25) is 0 Å². The summed E-state index contributed by atoms with van der Waals surface area (Å²) in [5.41, 5.74) is 5.63. The molecule has 0 amide bonds. The van der Waals surface area contributed by atoms with Crippen molar-refractivity contribution in [3.8, 4) is 11.6 Å². The summed E-state index contributed by atoms with van der Waals surface area (Å²) in [7, 11) is 0. The number of rotatable bonds is 2. The minimum absolute atomic E-state index is 0.0737. The van der Waals surface area contributed by atoms with Gasteiger partial charge in [-0.2, -0.15) is 0 Å². The second-order valence-electron chi connectivity index (χ2n) is 2.97. The monoisotopic (exact) mass is 204 g/mol. The summed E-state index contributed by atoms with van der Waals surface area (Å²) >= 11 is 0. The molecule has 2 rings (SSSR count). The van der Waals surface area contributed by atoms with Gasteiger partial charge in [0.2, 0.25) is 0 Å². The Bertz CT molecular complexity index is 459. The van der Waals surface area contributed by atoms with E-state index in [1.807, 2.05) is 6.07 Å². The summed E-state index contributed by atoms with van der Waals surface area (Å²) in [6.07, 6.45) is 1.35. The molecule has 1 aromatic heterocycles. The first-order valence-electron chi connectivity index (χ1n) is 4.39. The minimum Gasteiger partial charge on any atom is -0.436 e. The van der Waals surface area contributed by atoms with E-state index in [0.29, 0.717) is 5.75 Å². The molecule has 3 nitrogen and oxygen atoms in total. The summed E-state index contributed by atoms with van der Waals surface area (Å²) < 4.78 is 18.5. The van der Waals surface area contributed by atoms with Crippen LogP contribution < -0.4 is 10.5 Å². The van der Waals surface area contributed by atoms with Gasteiger partial charge >= 0.3 is 0 Å². The molecular formula is C11H9FN2O. The topological polar surface area (TPSA) is 48.1 Å². The molecule has 0 unspecified atom stereocenters. The van der Waals surface area contributed by atoms with Crippen LogP contribution in [-0.2, 0) is 0 Å². The van der Waals surface area contributed by atoms with Crippen molar-refractivity contribution >= 4 is 5.69 Å². The predicted molar refractivity (Wildman–Crippen MR) is 55.1 cm³/mol. The van der Waals surface area contributed by atoms with Crippen LogP contribution in [0.5, 0.6) is 11.6 Å². The van der Waals surface area contributed by atoms with Crippen LogP contribution in [0.3, 0.4) is 0 Å². The van der Waals surface area contributed by atoms with Crippen molar-refractivity contribution in [3.05, 3.63) is 48.4 Å². The number of nitrogens with zero attached hydrogens (tertiary/aromatic N) is 1. The van der Waals surface area contributed by atoms with E-state index in [-0.39, 0.29) is 11.6 Å². The molecule has 1 heterocycles. The summed E-state index contributed by atoms with van der Waals surface area (Å²) in [4.78, 5) is 3.75. The van der Waals surface area contributed by atoms with Crippen molar-refractivity contribution in [3.63, 3.8) is 0 Å². The predicted octanol–water partition coefficient (Wildman–Crippen LogP) is 2.60. The number of hydrogen-bond donors (Lipinski definition) is 1. The molecule has 15 heavy (non-hydrogen) atoms. The quantitative estimate of drug-likeness (QED) is 0.817. The summed E-state index contributed by atoms with van der Waals surface area (Å²) in [6, 6.07) is 10.1. The molecule has 0 atom stereocenters. The maximum atomic E-state index is 13.3. The molecule has 0 saturated carbocycles. The van der Waals surface area contributed by atoms with Crippen LogP contribution in [-0.4, -0.2) is 4.98 Å². The van der Waals surface area contributed by atoms with Gasteiger partial charge in [-0.15, -0.1) is 0 Å². The van der Waals surface area contributed by atoms with Gasteiger partial charge in [0.25, 0.3) is 5.88 Å². The molecule has 0 aliphatic carbocycles. The number of anilines is 1. The number of para-hydroxylation sites is 1. The lowest BCUT2D eigenvalue weighted by molar-refractivity contribution is 0.423. The third kappa shape index (κ3) is 2.22. The molecule has 1 aromatic carbocycles. The van der Waals surface area contributed by atoms with Gasteiger partial charge in [0.1, 0.15) is 5.75 Å². The highest BCUT2D eigenvalue weighted by atomic mass is 19.1. The normalized spacial score (nSPS) is 9.93. The SMILES string of the molecule is Nc1cnc(Oc2ccccc2)c(F)c1. The number of nitrogens with two attached hydrogens (primary N) is 1.